The van der Waals surface area contributed by atoms with Crippen molar-refractivity contribution < 1.29 is 14.3 Å². The fourth-order valence-corrected chi connectivity index (χ4v) is 1.87. The second-order valence-corrected chi connectivity index (χ2v) is 4.71. The van der Waals surface area contributed by atoms with E-state index in [2.05, 4.69) is 4.99 Å². The predicted octanol–water partition coefficient (Wildman–Crippen LogP) is 4.02. The Kier molecular flexibility index (Phi) is 6.12. The van der Waals surface area contributed by atoms with Crippen molar-refractivity contribution in [1.29, 1.82) is 0 Å². The van der Waals surface area contributed by atoms with Gasteiger partial charge in [-0.25, -0.2) is 4.79 Å². The molecule has 0 unspecified atom stereocenters. The maximum Gasteiger partial charge on any atom is 0.330 e. The first-order chi connectivity index (χ1) is 11.2. The molecule has 23 heavy (non-hydrogen) atoms. The number of aliphatic imine (C=N–C) groups is 1. The van der Waals surface area contributed by atoms with Gasteiger partial charge in [-0.15, -0.1) is 0 Å². The van der Waals surface area contributed by atoms with E-state index in [9.17, 15) is 4.79 Å². The van der Waals surface area contributed by atoms with Gasteiger partial charge in [-0.3, -0.25) is 4.99 Å². The van der Waals surface area contributed by atoms with Crippen LogP contribution in [0.4, 0.5) is 5.69 Å². The molecular formula is C19H19NO3. The molecule has 118 valence electrons. The number of nitrogens with zero attached hydrogens (tertiary/aromatic N) is 1. The van der Waals surface area contributed by atoms with Crippen LogP contribution in [0, 0.1) is 0 Å². The highest BCUT2D eigenvalue weighted by Gasteiger charge is 1.95. The fourth-order valence-electron chi connectivity index (χ4n) is 1.87. The molecule has 0 bridgehead atoms. The Balaban J connectivity index is 1.98. The summed E-state index contributed by atoms with van der Waals surface area (Å²) in [4.78, 5) is 15.7. The van der Waals surface area contributed by atoms with E-state index < -0.39 is 0 Å². The van der Waals surface area contributed by atoms with Gasteiger partial charge in [0.2, 0.25) is 0 Å². The lowest BCUT2D eigenvalue weighted by Gasteiger charge is -1.99. The molecule has 4 nitrogen and oxygen atoms in total. The minimum atomic E-state index is -0.339. The van der Waals surface area contributed by atoms with Gasteiger partial charge in [0.05, 0.1) is 19.4 Å². The average molecular weight is 309 g/mol. The molecule has 0 aliphatic rings. The highest BCUT2D eigenvalue weighted by atomic mass is 16.5. The van der Waals surface area contributed by atoms with Crippen LogP contribution in [0.25, 0.3) is 6.08 Å². The van der Waals surface area contributed by atoms with Gasteiger partial charge in [-0.05, 0) is 60.5 Å². The molecular weight excluding hydrogens is 290 g/mol. The molecule has 0 atom stereocenters. The predicted molar refractivity (Wildman–Crippen MR) is 92.4 cm³/mol. The zero-order valence-corrected chi connectivity index (χ0v) is 13.2. The molecule has 0 amide bonds. The first-order valence-corrected chi connectivity index (χ1v) is 7.34. The molecule has 0 saturated carbocycles. The zero-order valence-electron chi connectivity index (χ0n) is 13.2. The van der Waals surface area contributed by atoms with Gasteiger partial charge in [0.25, 0.3) is 0 Å². The Morgan fingerprint density at radius 2 is 1.70 bits per heavy atom. The van der Waals surface area contributed by atoms with Crippen LogP contribution in [-0.2, 0) is 9.53 Å². The molecule has 0 aliphatic carbocycles. The molecule has 2 rings (SSSR count). The maximum atomic E-state index is 11.2. The summed E-state index contributed by atoms with van der Waals surface area (Å²) < 4.78 is 9.95. The SMILES string of the molecule is CCOC(=O)/C=C/c1ccc(/N=C/c2ccc(OC)cc2)cc1. The molecule has 2 aromatic carbocycles. The van der Waals surface area contributed by atoms with Gasteiger partial charge in [0.15, 0.2) is 0 Å². The Hall–Kier alpha value is -2.88. The van der Waals surface area contributed by atoms with Crippen molar-refractivity contribution >= 4 is 23.9 Å². The van der Waals surface area contributed by atoms with E-state index in [1.807, 2.05) is 48.5 Å². The first-order valence-electron chi connectivity index (χ1n) is 7.34. The number of methoxy groups -OCH3 is 1. The molecule has 4 heteroatoms. The topological polar surface area (TPSA) is 47.9 Å². The number of hydrogen-bond acceptors (Lipinski definition) is 4. The smallest absolute Gasteiger partial charge is 0.330 e. The standard InChI is InChI=1S/C19H19NO3/c1-3-23-19(21)13-8-15-4-9-17(10-5-15)20-14-16-6-11-18(22-2)12-7-16/h4-14H,3H2,1-2H3/b13-8+,20-14+. The van der Waals surface area contributed by atoms with E-state index in [0.717, 1.165) is 22.6 Å². The van der Waals surface area contributed by atoms with Crippen LogP contribution in [0.3, 0.4) is 0 Å². The number of benzene rings is 2. The van der Waals surface area contributed by atoms with Crippen molar-refractivity contribution in [1.82, 2.24) is 0 Å². The lowest BCUT2D eigenvalue weighted by molar-refractivity contribution is -0.137. The van der Waals surface area contributed by atoms with Crippen molar-refractivity contribution in [2.24, 2.45) is 4.99 Å². The third-order valence-electron chi connectivity index (χ3n) is 3.07. The summed E-state index contributed by atoms with van der Waals surface area (Å²) in [6, 6.07) is 15.3. The van der Waals surface area contributed by atoms with E-state index >= 15 is 0 Å². The van der Waals surface area contributed by atoms with E-state index in [0.29, 0.717) is 6.61 Å². The van der Waals surface area contributed by atoms with Crippen LogP contribution in [0.1, 0.15) is 18.1 Å². The van der Waals surface area contributed by atoms with Crippen LogP contribution >= 0.6 is 0 Å². The quantitative estimate of drug-likeness (QED) is 0.460. The summed E-state index contributed by atoms with van der Waals surface area (Å²) >= 11 is 0. The second kappa shape index (κ2) is 8.54. The number of hydrogen-bond donors (Lipinski definition) is 0. The normalized spacial score (nSPS) is 11.0. The largest absolute Gasteiger partial charge is 0.497 e. The van der Waals surface area contributed by atoms with Gasteiger partial charge >= 0.3 is 5.97 Å². The van der Waals surface area contributed by atoms with Crippen molar-refractivity contribution in [3.05, 3.63) is 65.7 Å². The van der Waals surface area contributed by atoms with Gasteiger partial charge in [0, 0.05) is 12.3 Å². The molecule has 0 aromatic heterocycles. The minimum Gasteiger partial charge on any atom is -0.497 e. The van der Waals surface area contributed by atoms with E-state index in [1.54, 1.807) is 26.3 Å². The number of ether oxygens (including phenoxy) is 2. The average Bonchev–Trinajstić information content (AvgIpc) is 2.60. The number of carbonyl (C=O) groups is 1. The second-order valence-electron chi connectivity index (χ2n) is 4.71. The van der Waals surface area contributed by atoms with Crippen LogP contribution in [-0.4, -0.2) is 25.9 Å². The highest BCUT2D eigenvalue weighted by molar-refractivity contribution is 5.87. The van der Waals surface area contributed by atoms with E-state index in [-0.39, 0.29) is 5.97 Å². The Morgan fingerprint density at radius 1 is 1.04 bits per heavy atom. The molecule has 0 aliphatic heterocycles. The van der Waals surface area contributed by atoms with Gasteiger partial charge in [0.1, 0.15) is 5.75 Å². The van der Waals surface area contributed by atoms with Crippen LogP contribution < -0.4 is 4.74 Å². The molecule has 0 heterocycles. The Labute approximate surface area is 136 Å². The van der Waals surface area contributed by atoms with Crippen LogP contribution in [0.15, 0.2) is 59.6 Å². The Morgan fingerprint density at radius 3 is 2.30 bits per heavy atom. The Bertz CT molecular complexity index is 686. The third-order valence-corrected chi connectivity index (χ3v) is 3.07. The van der Waals surface area contributed by atoms with Gasteiger partial charge in [-0.2, -0.15) is 0 Å². The lowest BCUT2D eigenvalue weighted by atomic mass is 10.2. The summed E-state index contributed by atoms with van der Waals surface area (Å²) in [5.41, 5.74) is 2.76. The number of carbonyl (C=O) groups excluding carboxylic acids is 1. The number of rotatable bonds is 6. The van der Waals surface area contributed by atoms with Crippen molar-refractivity contribution in [2.45, 2.75) is 6.92 Å². The van der Waals surface area contributed by atoms with Crippen molar-refractivity contribution in [3.63, 3.8) is 0 Å². The zero-order chi connectivity index (χ0) is 16.5. The summed E-state index contributed by atoms with van der Waals surface area (Å²) in [5, 5.41) is 0. The minimum absolute atomic E-state index is 0.339. The summed E-state index contributed by atoms with van der Waals surface area (Å²) in [6.45, 7) is 2.16. The van der Waals surface area contributed by atoms with Crippen molar-refractivity contribution in [2.75, 3.05) is 13.7 Å². The molecule has 0 fully saturated rings. The molecule has 0 N–H and O–H groups in total. The lowest BCUT2D eigenvalue weighted by Crippen LogP contribution is -1.98. The van der Waals surface area contributed by atoms with Gasteiger partial charge in [-0.1, -0.05) is 12.1 Å². The maximum absolute atomic E-state index is 11.2. The highest BCUT2D eigenvalue weighted by Crippen LogP contribution is 2.15. The number of esters is 1. The monoisotopic (exact) mass is 309 g/mol. The summed E-state index contributed by atoms with van der Waals surface area (Å²) in [6.07, 6.45) is 4.93. The molecule has 0 radical (unpaired) electrons. The van der Waals surface area contributed by atoms with Crippen LogP contribution in [0.5, 0.6) is 5.75 Å². The molecule has 2 aromatic rings. The fraction of sp³-hybridized carbons (Fsp3) is 0.158. The molecule has 0 spiro atoms. The summed E-state index contributed by atoms with van der Waals surface area (Å²) in [7, 11) is 1.64. The third kappa shape index (κ3) is 5.43. The van der Waals surface area contributed by atoms with E-state index in [4.69, 9.17) is 9.47 Å². The molecule has 0 saturated heterocycles. The van der Waals surface area contributed by atoms with E-state index in [1.165, 1.54) is 6.08 Å². The van der Waals surface area contributed by atoms with Crippen molar-refractivity contribution in [3.8, 4) is 5.75 Å². The first kappa shape index (κ1) is 16.5. The van der Waals surface area contributed by atoms with Gasteiger partial charge < -0.3 is 9.47 Å². The van der Waals surface area contributed by atoms with Crippen LogP contribution in [0.2, 0.25) is 0 Å². The summed E-state index contributed by atoms with van der Waals surface area (Å²) in [5.74, 6) is 0.481.